The van der Waals surface area contributed by atoms with Gasteiger partial charge in [0, 0.05) is 6.07 Å². The molecule has 2 aromatic rings. The number of carbonyl (C=O) groups is 1. The zero-order chi connectivity index (χ0) is 20.5. The van der Waals surface area contributed by atoms with Crippen LogP contribution < -0.4 is 9.57 Å². The van der Waals surface area contributed by atoms with E-state index in [9.17, 15) is 13.2 Å². The number of amides is 1. The average Bonchev–Trinajstić information content (AvgIpc) is 2.92. The van der Waals surface area contributed by atoms with Crippen LogP contribution in [0.4, 0.5) is 0 Å². The van der Waals surface area contributed by atoms with Crippen molar-refractivity contribution in [3.63, 3.8) is 0 Å². The maximum atomic E-state index is 12.6. The van der Waals surface area contributed by atoms with E-state index in [4.69, 9.17) is 40.2 Å². The molecule has 2 aromatic carbocycles. The molecule has 1 amide bonds. The van der Waals surface area contributed by atoms with Crippen LogP contribution in [0.5, 0.6) is 5.75 Å². The zero-order valence-corrected chi connectivity index (χ0v) is 18.1. The fourth-order valence-electron chi connectivity index (χ4n) is 2.24. The minimum atomic E-state index is -4.04. The normalized spacial score (nSPS) is 16.1. The summed E-state index contributed by atoms with van der Waals surface area (Å²) in [5.74, 6) is -0.222. The van der Waals surface area contributed by atoms with Gasteiger partial charge in [-0.3, -0.25) is 4.79 Å². The van der Waals surface area contributed by atoms with Crippen LogP contribution in [0.2, 0.25) is 10.0 Å². The molecule has 1 fully saturated rings. The molecule has 1 aliphatic rings. The molecule has 1 N–H and O–H groups in total. The first-order valence-electron chi connectivity index (χ1n) is 7.61. The molecule has 11 heteroatoms. The molecule has 0 aromatic heterocycles. The first-order chi connectivity index (χ1) is 13.2. The van der Waals surface area contributed by atoms with Gasteiger partial charge in [-0.2, -0.15) is 0 Å². The van der Waals surface area contributed by atoms with Gasteiger partial charge in [0.1, 0.15) is 5.75 Å². The molecule has 0 unspecified atom stereocenters. The second kappa shape index (κ2) is 8.40. The van der Waals surface area contributed by atoms with Gasteiger partial charge in [0.05, 0.1) is 27.0 Å². The Balaban J connectivity index is 1.85. The van der Waals surface area contributed by atoms with Gasteiger partial charge in [-0.1, -0.05) is 59.3 Å². The number of rotatable bonds is 5. The topological polar surface area (TPSA) is 75.7 Å². The smallest absolute Gasteiger partial charge is 0.281 e. The zero-order valence-electron chi connectivity index (χ0n) is 14.2. The molecule has 0 bridgehead atoms. The van der Waals surface area contributed by atoms with Crippen molar-refractivity contribution in [2.24, 2.45) is 0 Å². The Labute approximate surface area is 181 Å². The van der Waals surface area contributed by atoms with Crippen LogP contribution in [0.15, 0.2) is 52.3 Å². The van der Waals surface area contributed by atoms with Gasteiger partial charge in [-0.15, -0.1) is 4.83 Å². The third kappa shape index (κ3) is 4.51. The number of nitrogens with zero attached hydrogens (tertiary/aromatic N) is 1. The highest BCUT2D eigenvalue weighted by molar-refractivity contribution is 8.26. The summed E-state index contributed by atoms with van der Waals surface area (Å²) >= 11 is 18.0. The van der Waals surface area contributed by atoms with Gasteiger partial charge in [0.25, 0.3) is 15.9 Å². The number of benzene rings is 2. The van der Waals surface area contributed by atoms with Crippen molar-refractivity contribution in [2.75, 3.05) is 7.11 Å². The summed E-state index contributed by atoms with van der Waals surface area (Å²) < 4.78 is 30.3. The maximum absolute atomic E-state index is 12.6. The number of hydrazine groups is 1. The minimum absolute atomic E-state index is 0.0581. The highest BCUT2D eigenvalue weighted by atomic mass is 35.5. The van der Waals surface area contributed by atoms with Gasteiger partial charge >= 0.3 is 0 Å². The van der Waals surface area contributed by atoms with Crippen LogP contribution in [0.1, 0.15) is 5.56 Å². The Hall–Kier alpha value is -1.62. The van der Waals surface area contributed by atoms with Crippen LogP contribution in [0.3, 0.4) is 0 Å². The number of hydrogen-bond acceptors (Lipinski definition) is 6. The molecule has 3 rings (SSSR count). The Morgan fingerprint density at radius 3 is 2.61 bits per heavy atom. The molecule has 0 atom stereocenters. The number of hydrogen-bond donors (Lipinski definition) is 1. The summed E-state index contributed by atoms with van der Waals surface area (Å²) in [6.45, 7) is 0. The lowest BCUT2D eigenvalue weighted by Gasteiger charge is -2.16. The number of nitrogens with one attached hydrogen (secondary N) is 1. The van der Waals surface area contributed by atoms with E-state index in [1.165, 1.54) is 25.3 Å². The molecule has 0 spiro atoms. The molecule has 0 saturated carbocycles. The second-order valence-corrected chi connectivity index (χ2v) is 9.62. The summed E-state index contributed by atoms with van der Waals surface area (Å²) in [6, 6.07) is 10.7. The summed E-state index contributed by atoms with van der Waals surface area (Å²) in [4.78, 5) is 15.0. The highest BCUT2D eigenvalue weighted by Gasteiger charge is 2.35. The van der Waals surface area contributed by atoms with E-state index in [1.807, 2.05) is 0 Å². The number of carbonyl (C=O) groups excluding carboxylic acids is 1. The van der Waals surface area contributed by atoms with Crippen molar-refractivity contribution in [2.45, 2.75) is 4.90 Å². The SMILES string of the molecule is COc1cccc(S(=O)(=O)NN2C(=O)/C(=C\c3ccc(Cl)c(Cl)c3)SC2=S)c1. The third-order valence-electron chi connectivity index (χ3n) is 3.60. The average molecular weight is 475 g/mol. The molecule has 28 heavy (non-hydrogen) atoms. The highest BCUT2D eigenvalue weighted by Crippen LogP contribution is 2.33. The lowest BCUT2D eigenvalue weighted by molar-refractivity contribution is -0.123. The van der Waals surface area contributed by atoms with Crippen molar-refractivity contribution in [1.29, 1.82) is 0 Å². The van der Waals surface area contributed by atoms with Crippen molar-refractivity contribution >= 4 is 73.5 Å². The molecule has 6 nitrogen and oxygen atoms in total. The number of thiocarbonyl (C=S) groups is 1. The monoisotopic (exact) mass is 474 g/mol. The van der Waals surface area contributed by atoms with Crippen molar-refractivity contribution in [3.05, 3.63) is 63.0 Å². The van der Waals surface area contributed by atoms with Gasteiger partial charge < -0.3 is 4.74 Å². The van der Waals surface area contributed by atoms with E-state index in [0.29, 0.717) is 21.4 Å². The quantitative estimate of drug-likeness (QED) is 0.519. The first kappa shape index (κ1) is 21.1. The molecule has 1 heterocycles. The fraction of sp³-hybridized carbons (Fsp3) is 0.0588. The predicted molar refractivity (Wildman–Crippen MR) is 115 cm³/mol. The van der Waals surface area contributed by atoms with Gasteiger partial charge in [0.15, 0.2) is 4.32 Å². The molecule has 0 radical (unpaired) electrons. The number of sulfonamides is 1. The van der Waals surface area contributed by atoms with Crippen LogP contribution in [-0.4, -0.2) is 30.8 Å². The third-order valence-corrected chi connectivity index (χ3v) is 6.94. The fourth-order valence-corrected chi connectivity index (χ4v) is 4.89. The van der Waals surface area contributed by atoms with Crippen LogP contribution in [0.25, 0.3) is 6.08 Å². The van der Waals surface area contributed by atoms with E-state index in [0.717, 1.165) is 16.8 Å². The lowest BCUT2D eigenvalue weighted by Crippen LogP contribution is -2.44. The maximum Gasteiger partial charge on any atom is 0.281 e. The van der Waals surface area contributed by atoms with E-state index in [2.05, 4.69) is 4.83 Å². The Morgan fingerprint density at radius 2 is 1.93 bits per heavy atom. The van der Waals surface area contributed by atoms with Crippen molar-refractivity contribution < 1.29 is 17.9 Å². The van der Waals surface area contributed by atoms with E-state index in [-0.39, 0.29) is 14.1 Å². The standard InChI is InChI=1S/C17H12Cl2N2O4S3/c1-25-11-3-2-4-12(9-11)28(23,24)20-21-16(22)15(27-17(21)26)8-10-5-6-13(18)14(19)7-10/h2-9,20H,1H3/b15-8+. The van der Waals surface area contributed by atoms with Gasteiger partial charge in [0.2, 0.25) is 0 Å². The van der Waals surface area contributed by atoms with E-state index < -0.39 is 15.9 Å². The number of halogens is 2. The summed E-state index contributed by atoms with van der Waals surface area (Å²) in [7, 11) is -2.62. The Bertz CT molecular complexity index is 1100. The summed E-state index contributed by atoms with van der Waals surface area (Å²) in [5, 5.41) is 1.54. The molecule has 1 saturated heterocycles. The first-order valence-corrected chi connectivity index (χ1v) is 11.1. The molecular weight excluding hydrogens is 463 g/mol. The van der Waals surface area contributed by atoms with E-state index >= 15 is 0 Å². The lowest BCUT2D eigenvalue weighted by atomic mass is 10.2. The van der Waals surface area contributed by atoms with Crippen molar-refractivity contribution in [3.8, 4) is 5.75 Å². The van der Waals surface area contributed by atoms with Crippen LogP contribution in [-0.2, 0) is 14.8 Å². The molecular formula is C17H12Cl2N2O4S3. The minimum Gasteiger partial charge on any atom is -0.497 e. The van der Waals surface area contributed by atoms with Gasteiger partial charge in [-0.25, -0.2) is 13.4 Å². The summed E-state index contributed by atoms with van der Waals surface area (Å²) in [6.07, 6.45) is 1.56. The second-order valence-electron chi connectivity index (χ2n) is 5.46. The van der Waals surface area contributed by atoms with Crippen LogP contribution >= 0.6 is 47.2 Å². The van der Waals surface area contributed by atoms with Crippen LogP contribution in [0, 0.1) is 0 Å². The number of thioether (sulfide) groups is 1. The summed E-state index contributed by atoms with van der Waals surface area (Å²) in [5.41, 5.74) is 0.630. The van der Waals surface area contributed by atoms with Crippen molar-refractivity contribution in [1.82, 2.24) is 9.84 Å². The number of methoxy groups -OCH3 is 1. The molecule has 1 aliphatic heterocycles. The number of ether oxygens (including phenoxy) is 1. The molecule has 146 valence electrons. The largest absolute Gasteiger partial charge is 0.497 e. The van der Waals surface area contributed by atoms with E-state index in [1.54, 1.807) is 30.3 Å². The molecule has 0 aliphatic carbocycles. The van der Waals surface area contributed by atoms with Gasteiger partial charge in [-0.05, 0) is 35.9 Å². The Kier molecular flexibility index (Phi) is 6.33. The Morgan fingerprint density at radius 1 is 1.18 bits per heavy atom. The predicted octanol–water partition coefficient (Wildman–Crippen LogP) is 4.10.